The first-order valence-electron chi connectivity index (χ1n) is 5.62. The SMILES string of the molecule is CC1CC(C)C2(O)OC1c1ccccc12. The lowest BCUT2D eigenvalue weighted by Gasteiger charge is -2.38. The molecule has 2 nitrogen and oxygen atoms in total. The Hall–Kier alpha value is -0.860. The zero-order valence-corrected chi connectivity index (χ0v) is 9.10. The average Bonchev–Trinajstić information content (AvgIpc) is 2.50. The van der Waals surface area contributed by atoms with Crippen LogP contribution in [0.5, 0.6) is 0 Å². The highest BCUT2D eigenvalue weighted by Gasteiger charge is 2.52. The van der Waals surface area contributed by atoms with Gasteiger partial charge in [-0.25, -0.2) is 0 Å². The molecule has 3 rings (SSSR count). The van der Waals surface area contributed by atoms with E-state index in [-0.39, 0.29) is 12.0 Å². The third-order valence-corrected chi connectivity index (χ3v) is 3.87. The van der Waals surface area contributed by atoms with Crippen molar-refractivity contribution in [2.45, 2.75) is 32.2 Å². The van der Waals surface area contributed by atoms with Crippen LogP contribution in [0.3, 0.4) is 0 Å². The molecule has 0 radical (unpaired) electrons. The van der Waals surface area contributed by atoms with E-state index in [2.05, 4.69) is 19.9 Å². The van der Waals surface area contributed by atoms with Crippen LogP contribution in [-0.4, -0.2) is 5.11 Å². The summed E-state index contributed by atoms with van der Waals surface area (Å²) >= 11 is 0. The van der Waals surface area contributed by atoms with Crippen molar-refractivity contribution in [3.8, 4) is 0 Å². The summed E-state index contributed by atoms with van der Waals surface area (Å²) in [5, 5.41) is 10.5. The van der Waals surface area contributed by atoms with Gasteiger partial charge >= 0.3 is 0 Å². The molecular formula is C13H16O2. The van der Waals surface area contributed by atoms with E-state index in [1.165, 1.54) is 5.56 Å². The minimum Gasteiger partial charge on any atom is -0.362 e. The van der Waals surface area contributed by atoms with Gasteiger partial charge in [0.2, 0.25) is 0 Å². The van der Waals surface area contributed by atoms with Crippen LogP contribution in [0.2, 0.25) is 0 Å². The van der Waals surface area contributed by atoms with Crippen LogP contribution in [0, 0.1) is 11.8 Å². The van der Waals surface area contributed by atoms with Gasteiger partial charge in [-0.1, -0.05) is 38.1 Å². The van der Waals surface area contributed by atoms with Crippen LogP contribution in [0.25, 0.3) is 0 Å². The van der Waals surface area contributed by atoms with Gasteiger partial charge in [0.05, 0.1) is 6.10 Å². The predicted octanol–water partition coefficient (Wildman–Crippen LogP) is 2.58. The lowest BCUT2D eigenvalue weighted by Crippen LogP contribution is -2.38. The summed E-state index contributed by atoms with van der Waals surface area (Å²) in [7, 11) is 0. The molecule has 0 saturated carbocycles. The first-order chi connectivity index (χ1) is 7.13. The monoisotopic (exact) mass is 204 g/mol. The first kappa shape index (κ1) is 9.37. The molecule has 2 aliphatic heterocycles. The second kappa shape index (κ2) is 2.83. The summed E-state index contributed by atoms with van der Waals surface area (Å²) in [4.78, 5) is 0. The average molecular weight is 204 g/mol. The molecule has 80 valence electrons. The molecule has 1 aromatic carbocycles. The maximum atomic E-state index is 10.5. The first-order valence-corrected chi connectivity index (χ1v) is 5.62. The van der Waals surface area contributed by atoms with E-state index in [9.17, 15) is 5.11 Å². The minimum absolute atomic E-state index is 0.0856. The Morgan fingerprint density at radius 1 is 1.33 bits per heavy atom. The molecule has 1 saturated heterocycles. The summed E-state index contributed by atoms with van der Waals surface area (Å²) in [5.74, 6) is -0.371. The summed E-state index contributed by atoms with van der Waals surface area (Å²) in [6.45, 7) is 4.26. The van der Waals surface area contributed by atoms with Gasteiger partial charge in [0.25, 0.3) is 0 Å². The zero-order chi connectivity index (χ0) is 10.6. The molecule has 4 atom stereocenters. The highest BCUT2D eigenvalue weighted by atomic mass is 16.6. The molecule has 1 aromatic rings. The smallest absolute Gasteiger partial charge is 0.196 e. The maximum absolute atomic E-state index is 10.5. The van der Waals surface area contributed by atoms with Crippen molar-refractivity contribution in [2.24, 2.45) is 11.8 Å². The molecule has 2 heteroatoms. The zero-order valence-electron chi connectivity index (χ0n) is 9.10. The number of hydrogen-bond acceptors (Lipinski definition) is 2. The maximum Gasteiger partial charge on any atom is 0.196 e. The van der Waals surface area contributed by atoms with E-state index < -0.39 is 5.79 Å². The number of rotatable bonds is 0. The van der Waals surface area contributed by atoms with Crippen LogP contribution in [-0.2, 0) is 10.5 Å². The Morgan fingerprint density at radius 3 is 2.87 bits per heavy atom. The Labute approximate surface area is 89.9 Å². The van der Waals surface area contributed by atoms with Crippen molar-refractivity contribution >= 4 is 0 Å². The van der Waals surface area contributed by atoms with E-state index in [0.29, 0.717) is 5.92 Å². The van der Waals surface area contributed by atoms with Crippen molar-refractivity contribution < 1.29 is 9.84 Å². The van der Waals surface area contributed by atoms with E-state index in [0.717, 1.165) is 12.0 Å². The molecule has 0 aliphatic carbocycles. The molecule has 1 N–H and O–H groups in total. The predicted molar refractivity (Wildman–Crippen MR) is 57.1 cm³/mol. The number of ether oxygens (including phenoxy) is 1. The van der Waals surface area contributed by atoms with E-state index >= 15 is 0 Å². The number of aliphatic hydroxyl groups is 1. The van der Waals surface area contributed by atoms with Gasteiger partial charge in [-0.3, -0.25) is 0 Å². The van der Waals surface area contributed by atoms with Crippen molar-refractivity contribution in [1.29, 1.82) is 0 Å². The molecule has 0 spiro atoms. The van der Waals surface area contributed by atoms with E-state index in [1.54, 1.807) is 0 Å². The lowest BCUT2D eigenvalue weighted by molar-refractivity contribution is -0.286. The van der Waals surface area contributed by atoms with Crippen LogP contribution in [0.1, 0.15) is 37.5 Å². The Morgan fingerprint density at radius 2 is 2.07 bits per heavy atom. The van der Waals surface area contributed by atoms with Crippen molar-refractivity contribution in [3.05, 3.63) is 35.4 Å². The summed E-state index contributed by atoms with van der Waals surface area (Å²) < 4.78 is 5.84. The molecule has 4 unspecified atom stereocenters. The van der Waals surface area contributed by atoms with Crippen LogP contribution in [0.15, 0.2) is 24.3 Å². The van der Waals surface area contributed by atoms with Gasteiger partial charge in [-0.15, -0.1) is 0 Å². The number of hydrogen-bond donors (Lipinski definition) is 1. The molecule has 15 heavy (non-hydrogen) atoms. The second-order valence-electron chi connectivity index (χ2n) is 4.94. The van der Waals surface area contributed by atoms with Gasteiger partial charge in [0, 0.05) is 11.5 Å². The van der Waals surface area contributed by atoms with Crippen molar-refractivity contribution in [2.75, 3.05) is 0 Å². The molecular weight excluding hydrogens is 188 g/mol. The van der Waals surface area contributed by atoms with Gasteiger partial charge < -0.3 is 9.84 Å². The third kappa shape index (κ3) is 1.06. The van der Waals surface area contributed by atoms with Gasteiger partial charge in [-0.2, -0.15) is 0 Å². The minimum atomic E-state index is -1.03. The molecule has 2 bridgehead atoms. The quantitative estimate of drug-likeness (QED) is 0.703. The Balaban J connectivity index is 2.20. The molecule has 1 fully saturated rings. The number of fused-ring (bicyclic) bond motifs is 5. The van der Waals surface area contributed by atoms with Crippen LogP contribution >= 0.6 is 0 Å². The Kier molecular flexibility index (Phi) is 1.77. The largest absolute Gasteiger partial charge is 0.362 e. The summed E-state index contributed by atoms with van der Waals surface area (Å²) in [6, 6.07) is 8.05. The van der Waals surface area contributed by atoms with Gasteiger partial charge in [0.15, 0.2) is 5.79 Å². The van der Waals surface area contributed by atoms with Gasteiger partial charge in [-0.05, 0) is 17.9 Å². The number of benzene rings is 1. The normalized spacial score (nSPS) is 42.7. The third-order valence-electron chi connectivity index (χ3n) is 3.87. The molecule has 2 heterocycles. The summed E-state index contributed by atoms with van der Waals surface area (Å²) in [6.07, 6.45) is 1.11. The van der Waals surface area contributed by atoms with Crippen LogP contribution < -0.4 is 0 Å². The van der Waals surface area contributed by atoms with Crippen molar-refractivity contribution in [3.63, 3.8) is 0 Å². The fraction of sp³-hybridized carbons (Fsp3) is 0.538. The topological polar surface area (TPSA) is 29.5 Å². The molecule has 0 amide bonds. The van der Waals surface area contributed by atoms with E-state index in [1.807, 2.05) is 18.2 Å². The summed E-state index contributed by atoms with van der Waals surface area (Å²) in [5.41, 5.74) is 2.16. The second-order valence-corrected chi connectivity index (χ2v) is 4.94. The van der Waals surface area contributed by atoms with E-state index in [4.69, 9.17) is 4.74 Å². The molecule has 2 aliphatic rings. The van der Waals surface area contributed by atoms with Gasteiger partial charge in [0.1, 0.15) is 0 Å². The standard InChI is InChI=1S/C13H16O2/c1-8-7-9(2)13(14)11-6-4-3-5-10(11)12(8)15-13/h3-6,8-9,12,14H,7H2,1-2H3. The highest BCUT2D eigenvalue weighted by Crippen LogP contribution is 2.55. The highest BCUT2D eigenvalue weighted by molar-refractivity contribution is 5.38. The fourth-order valence-corrected chi connectivity index (χ4v) is 3.04. The Bertz CT molecular complexity index is 401. The van der Waals surface area contributed by atoms with Crippen molar-refractivity contribution in [1.82, 2.24) is 0 Å². The molecule has 0 aromatic heterocycles. The fourth-order valence-electron chi connectivity index (χ4n) is 3.04. The van der Waals surface area contributed by atoms with Crippen LogP contribution in [0.4, 0.5) is 0 Å². The lowest BCUT2D eigenvalue weighted by atomic mass is 9.87.